The maximum absolute atomic E-state index is 12.7. The molecule has 2 aromatic rings. The van der Waals surface area contributed by atoms with Crippen molar-refractivity contribution in [3.63, 3.8) is 0 Å². The minimum atomic E-state index is -4.67. The van der Waals surface area contributed by atoms with Crippen LogP contribution in [0.3, 0.4) is 0 Å². The van der Waals surface area contributed by atoms with Crippen LogP contribution in [0.5, 0.6) is 0 Å². The maximum atomic E-state index is 12.7. The van der Waals surface area contributed by atoms with Crippen molar-refractivity contribution in [3.05, 3.63) is 47.5 Å². The number of alkyl halides is 3. The van der Waals surface area contributed by atoms with E-state index in [1.54, 1.807) is 18.2 Å². The Kier molecular flexibility index (Phi) is 3.73. The van der Waals surface area contributed by atoms with Gasteiger partial charge in [0.05, 0.1) is 17.8 Å². The molecule has 1 amide bonds. The van der Waals surface area contributed by atoms with Crippen LogP contribution in [-0.4, -0.2) is 20.7 Å². The first kappa shape index (κ1) is 14.0. The van der Waals surface area contributed by atoms with E-state index in [-0.39, 0.29) is 6.54 Å². The maximum Gasteiger partial charge on any atom is 0.435 e. The third-order valence-electron chi connectivity index (χ3n) is 2.50. The first-order valence-electron chi connectivity index (χ1n) is 5.67. The summed E-state index contributed by atoms with van der Waals surface area (Å²) in [4.78, 5) is 15.8. The minimum absolute atomic E-state index is 0.0475. The molecule has 8 heteroatoms. The largest absolute Gasteiger partial charge is 0.435 e. The molecule has 0 aliphatic rings. The summed E-state index contributed by atoms with van der Waals surface area (Å²) in [5.74, 6) is -0.837. The molecule has 0 aliphatic heterocycles. The van der Waals surface area contributed by atoms with Crippen LogP contribution in [0.2, 0.25) is 0 Å². The van der Waals surface area contributed by atoms with Crippen molar-refractivity contribution in [2.75, 3.05) is 0 Å². The van der Waals surface area contributed by atoms with E-state index in [2.05, 4.69) is 15.4 Å². The number of amides is 1. The van der Waals surface area contributed by atoms with Crippen molar-refractivity contribution in [3.8, 4) is 0 Å². The fourth-order valence-electron chi connectivity index (χ4n) is 1.63. The average molecular weight is 284 g/mol. The van der Waals surface area contributed by atoms with Gasteiger partial charge in [0, 0.05) is 19.4 Å². The fourth-order valence-corrected chi connectivity index (χ4v) is 1.63. The summed E-state index contributed by atoms with van der Waals surface area (Å²) in [7, 11) is 1.32. The predicted octanol–water partition coefficient (Wildman–Crippen LogP) is 1.76. The lowest BCUT2D eigenvalue weighted by atomic mass is 10.2. The monoisotopic (exact) mass is 284 g/mol. The standard InChI is InChI=1S/C12H11F3N4O/c1-19-7-9(10(18-19)12(13,14)15)11(20)17-6-8-4-2-3-5-16-8/h2-5,7H,6H2,1H3,(H,17,20). The van der Waals surface area contributed by atoms with Gasteiger partial charge in [0.2, 0.25) is 0 Å². The normalized spacial score (nSPS) is 11.4. The lowest BCUT2D eigenvalue weighted by Gasteiger charge is -2.07. The van der Waals surface area contributed by atoms with E-state index in [1.165, 1.54) is 13.2 Å². The van der Waals surface area contributed by atoms with Crippen molar-refractivity contribution in [1.82, 2.24) is 20.1 Å². The van der Waals surface area contributed by atoms with Gasteiger partial charge in [0.1, 0.15) is 0 Å². The molecule has 2 heterocycles. The summed E-state index contributed by atoms with van der Waals surface area (Å²) < 4.78 is 39.1. The van der Waals surface area contributed by atoms with Crippen molar-refractivity contribution in [1.29, 1.82) is 0 Å². The summed E-state index contributed by atoms with van der Waals surface area (Å²) in [6.07, 6.45) is -2.10. The summed E-state index contributed by atoms with van der Waals surface area (Å²) in [5.41, 5.74) is -1.15. The molecule has 5 nitrogen and oxygen atoms in total. The highest BCUT2D eigenvalue weighted by molar-refractivity contribution is 5.95. The minimum Gasteiger partial charge on any atom is -0.346 e. The molecular weight excluding hydrogens is 273 g/mol. The summed E-state index contributed by atoms with van der Waals surface area (Å²) >= 11 is 0. The molecule has 2 rings (SSSR count). The van der Waals surface area contributed by atoms with Gasteiger partial charge in [-0.3, -0.25) is 14.5 Å². The topological polar surface area (TPSA) is 59.8 Å². The molecule has 0 aromatic carbocycles. The molecule has 1 N–H and O–H groups in total. The Morgan fingerprint density at radius 3 is 2.75 bits per heavy atom. The SMILES string of the molecule is Cn1cc(C(=O)NCc2ccccn2)c(C(F)(F)F)n1. The van der Waals surface area contributed by atoms with Gasteiger partial charge < -0.3 is 5.32 Å². The molecule has 0 saturated carbocycles. The number of nitrogens with zero attached hydrogens (tertiary/aromatic N) is 3. The molecule has 0 bridgehead atoms. The Morgan fingerprint density at radius 1 is 1.40 bits per heavy atom. The van der Waals surface area contributed by atoms with E-state index in [0.717, 1.165) is 10.9 Å². The van der Waals surface area contributed by atoms with Crippen LogP contribution in [0.4, 0.5) is 13.2 Å². The lowest BCUT2D eigenvalue weighted by molar-refractivity contribution is -0.141. The number of hydrogen-bond acceptors (Lipinski definition) is 3. The van der Waals surface area contributed by atoms with Crippen LogP contribution in [0.25, 0.3) is 0 Å². The highest BCUT2D eigenvalue weighted by Gasteiger charge is 2.38. The number of hydrogen-bond donors (Lipinski definition) is 1. The first-order chi connectivity index (χ1) is 9.38. The summed E-state index contributed by atoms with van der Waals surface area (Å²) in [6, 6.07) is 5.09. The van der Waals surface area contributed by atoms with Gasteiger partial charge in [-0.05, 0) is 12.1 Å². The summed E-state index contributed by atoms with van der Waals surface area (Å²) in [5, 5.41) is 5.66. The molecule has 106 valence electrons. The van der Waals surface area contributed by atoms with Crippen LogP contribution in [0, 0.1) is 0 Å². The van der Waals surface area contributed by atoms with Crippen LogP contribution in [0.1, 0.15) is 21.7 Å². The van der Waals surface area contributed by atoms with Gasteiger partial charge in [-0.1, -0.05) is 6.07 Å². The average Bonchev–Trinajstić information content (AvgIpc) is 2.79. The van der Waals surface area contributed by atoms with Crippen LogP contribution in [0.15, 0.2) is 30.6 Å². The Hall–Kier alpha value is -2.38. The first-order valence-corrected chi connectivity index (χ1v) is 5.67. The molecule has 0 aliphatic carbocycles. The Bertz CT molecular complexity index is 607. The molecule has 20 heavy (non-hydrogen) atoms. The van der Waals surface area contributed by atoms with Gasteiger partial charge in [-0.25, -0.2) is 0 Å². The van der Waals surface area contributed by atoms with Crippen LogP contribution < -0.4 is 5.32 Å². The van der Waals surface area contributed by atoms with Crippen molar-refractivity contribution < 1.29 is 18.0 Å². The van der Waals surface area contributed by atoms with E-state index < -0.39 is 23.3 Å². The van der Waals surface area contributed by atoms with E-state index >= 15 is 0 Å². The number of nitrogens with one attached hydrogen (secondary N) is 1. The quantitative estimate of drug-likeness (QED) is 0.934. The highest BCUT2D eigenvalue weighted by atomic mass is 19.4. The third-order valence-corrected chi connectivity index (χ3v) is 2.50. The van der Waals surface area contributed by atoms with Crippen molar-refractivity contribution in [2.45, 2.75) is 12.7 Å². The number of pyridine rings is 1. The second-order valence-corrected chi connectivity index (χ2v) is 4.07. The predicted molar refractivity (Wildman–Crippen MR) is 63.6 cm³/mol. The number of aryl methyl sites for hydroxylation is 1. The van der Waals surface area contributed by atoms with Crippen molar-refractivity contribution in [2.24, 2.45) is 7.05 Å². The lowest BCUT2D eigenvalue weighted by Crippen LogP contribution is -2.25. The highest BCUT2D eigenvalue weighted by Crippen LogP contribution is 2.30. The van der Waals surface area contributed by atoms with E-state index in [9.17, 15) is 18.0 Å². The number of halogens is 3. The third kappa shape index (κ3) is 3.14. The Balaban J connectivity index is 2.14. The van der Waals surface area contributed by atoms with Crippen LogP contribution >= 0.6 is 0 Å². The van der Waals surface area contributed by atoms with E-state index in [1.807, 2.05) is 0 Å². The number of carbonyl (C=O) groups is 1. The van der Waals surface area contributed by atoms with E-state index in [4.69, 9.17) is 0 Å². The molecule has 0 atom stereocenters. The van der Waals surface area contributed by atoms with E-state index in [0.29, 0.717) is 5.69 Å². The van der Waals surface area contributed by atoms with Gasteiger partial charge >= 0.3 is 6.18 Å². The molecule has 0 radical (unpaired) electrons. The number of carbonyl (C=O) groups excluding carboxylic acids is 1. The molecule has 0 saturated heterocycles. The summed E-state index contributed by atoms with van der Waals surface area (Å²) in [6.45, 7) is 0.0475. The molecule has 2 aromatic heterocycles. The van der Waals surface area contributed by atoms with Gasteiger partial charge in [0.15, 0.2) is 5.69 Å². The molecule has 0 spiro atoms. The van der Waals surface area contributed by atoms with Crippen molar-refractivity contribution >= 4 is 5.91 Å². The second kappa shape index (κ2) is 5.32. The van der Waals surface area contributed by atoms with Gasteiger partial charge in [-0.15, -0.1) is 0 Å². The zero-order valence-corrected chi connectivity index (χ0v) is 10.5. The smallest absolute Gasteiger partial charge is 0.346 e. The number of aromatic nitrogens is 3. The zero-order chi connectivity index (χ0) is 14.8. The Labute approximate surface area is 112 Å². The second-order valence-electron chi connectivity index (χ2n) is 4.07. The number of rotatable bonds is 3. The molecule has 0 fully saturated rings. The van der Waals surface area contributed by atoms with Gasteiger partial charge in [-0.2, -0.15) is 18.3 Å². The Morgan fingerprint density at radius 2 is 2.15 bits per heavy atom. The fraction of sp³-hybridized carbons (Fsp3) is 0.250. The molecular formula is C12H11F3N4O. The van der Waals surface area contributed by atoms with Crippen LogP contribution in [-0.2, 0) is 19.8 Å². The van der Waals surface area contributed by atoms with Gasteiger partial charge in [0.25, 0.3) is 5.91 Å². The molecule has 0 unspecified atom stereocenters. The zero-order valence-electron chi connectivity index (χ0n) is 10.5.